The molecule has 20 heavy (non-hydrogen) atoms. The van der Waals surface area contributed by atoms with Crippen LogP contribution in [-0.2, 0) is 6.54 Å². The Hall–Kier alpha value is -1.32. The van der Waals surface area contributed by atoms with Crippen molar-refractivity contribution in [2.75, 3.05) is 4.90 Å². The zero-order chi connectivity index (χ0) is 13.9. The Morgan fingerprint density at radius 3 is 2.75 bits per heavy atom. The lowest BCUT2D eigenvalue weighted by molar-refractivity contribution is 0.686. The highest BCUT2D eigenvalue weighted by molar-refractivity contribution is 7.07. The van der Waals surface area contributed by atoms with E-state index in [2.05, 4.69) is 52.9 Å². The van der Waals surface area contributed by atoms with Crippen molar-refractivity contribution in [1.29, 1.82) is 0 Å². The second-order valence-corrected chi connectivity index (χ2v) is 6.34. The summed E-state index contributed by atoms with van der Waals surface area (Å²) >= 11 is 1.77. The van der Waals surface area contributed by atoms with Crippen LogP contribution in [0.25, 0.3) is 0 Å². The molecule has 2 N–H and O–H groups in total. The molecular weight excluding hydrogens is 264 g/mol. The standard InChI is InChI=1S/C17H22N2S/c1-2-16(18)15-5-3-4-6-17(15)19(14-7-8-14)11-13-9-10-20-12-13/h3-6,9-10,12,14,16H,2,7-8,11,18H2,1H3. The van der Waals surface area contributed by atoms with E-state index in [0.29, 0.717) is 6.04 Å². The smallest absolute Gasteiger partial charge is 0.0440 e. The van der Waals surface area contributed by atoms with Gasteiger partial charge in [0.25, 0.3) is 0 Å². The maximum atomic E-state index is 6.30. The summed E-state index contributed by atoms with van der Waals surface area (Å²) in [7, 11) is 0. The van der Waals surface area contributed by atoms with Crippen molar-refractivity contribution in [3.8, 4) is 0 Å². The monoisotopic (exact) mass is 286 g/mol. The van der Waals surface area contributed by atoms with Crippen LogP contribution in [-0.4, -0.2) is 6.04 Å². The molecule has 0 radical (unpaired) electrons. The Morgan fingerprint density at radius 1 is 1.30 bits per heavy atom. The van der Waals surface area contributed by atoms with Crippen molar-refractivity contribution in [2.24, 2.45) is 5.73 Å². The van der Waals surface area contributed by atoms with Gasteiger partial charge >= 0.3 is 0 Å². The maximum Gasteiger partial charge on any atom is 0.0440 e. The lowest BCUT2D eigenvalue weighted by atomic mass is 10.0. The van der Waals surface area contributed by atoms with Crippen LogP contribution < -0.4 is 10.6 Å². The van der Waals surface area contributed by atoms with Crippen molar-refractivity contribution in [3.63, 3.8) is 0 Å². The second kappa shape index (κ2) is 5.98. The quantitative estimate of drug-likeness (QED) is 0.856. The lowest BCUT2D eigenvalue weighted by Crippen LogP contribution is -2.27. The van der Waals surface area contributed by atoms with Gasteiger partial charge in [-0.05, 0) is 53.3 Å². The van der Waals surface area contributed by atoms with E-state index < -0.39 is 0 Å². The van der Waals surface area contributed by atoms with Gasteiger partial charge in [-0.25, -0.2) is 0 Å². The summed E-state index contributed by atoms with van der Waals surface area (Å²) in [5.41, 5.74) is 10.3. The van der Waals surface area contributed by atoms with Crippen LogP contribution in [0.4, 0.5) is 5.69 Å². The predicted octanol–water partition coefficient (Wildman–Crippen LogP) is 4.33. The molecular formula is C17H22N2S. The van der Waals surface area contributed by atoms with Crippen LogP contribution in [0.5, 0.6) is 0 Å². The van der Waals surface area contributed by atoms with Gasteiger partial charge in [-0.15, -0.1) is 0 Å². The van der Waals surface area contributed by atoms with E-state index in [1.54, 1.807) is 11.3 Å². The van der Waals surface area contributed by atoms with E-state index in [-0.39, 0.29) is 6.04 Å². The van der Waals surface area contributed by atoms with Crippen molar-refractivity contribution in [1.82, 2.24) is 0 Å². The molecule has 1 aliphatic rings. The van der Waals surface area contributed by atoms with Crippen molar-refractivity contribution >= 4 is 17.0 Å². The summed E-state index contributed by atoms with van der Waals surface area (Å²) in [5.74, 6) is 0. The average Bonchev–Trinajstić information content (AvgIpc) is 3.20. The number of nitrogens with zero attached hydrogens (tertiary/aromatic N) is 1. The number of benzene rings is 1. The Kier molecular flexibility index (Phi) is 4.08. The Bertz CT molecular complexity index is 546. The second-order valence-electron chi connectivity index (χ2n) is 5.56. The number of hydrogen-bond acceptors (Lipinski definition) is 3. The molecule has 2 nitrogen and oxygen atoms in total. The first-order valence-corrected chi connectivity index (χ1v) is 8.36. The molecule has 1 atom stereocenters. The number of nitrogens with two attached hydrogens (primary N) is 1. The molecule has 0 bridgehead atoms. The molecule has 1 aromatic carbocycles. The topological polar surface area (TPSA) is 29.3 Å². The highest BCUT2D eigenvalue weighted by Gasteiger charge is 2.31. The molecule has 1 aliphatic carbocycles. The van der Waals surface area contributed by atoms with Gasteiger partial charge in [-0.3, -0.25) is 0 Å². The summed E-state index contributed by atoms with van der Waals surface area (Å²) in [4.78, 5) is 2.55. The van der Waals surface area contributed by atoms with Crippen LogP contribution in [0.1, 0.15) is 43.4 Å². The third kappa shape index (κ3) is 2.89. The summed E-state index contributed by atoms with van der Waals surface area (Å²) in [6.07, 6.45) is 3.59. The number of hydrogen-bond donors (Lipinski definition) is 1. The molecule has 1 saturated carbocycles. The summed E-state index contributed by atoms with van der Waals surface area (Å²) in [6.45, 7) is 3.16. The zero-order valence-electron chi connectivity index (χ0n) is 12.0. The van der Waals surface area contributed by atoms with Crippen LogP contribution in [0.3, 0.4) is 0 Å². The first-order chi connectivity index (χ1) is 9.79. The molecule has 0 spiro atoms. The van der Waals surface area contributed by atoms with Gasteiger partial charge in [0, 0.05) is 24.3 Å². The summed E-state index contributed by atoms with van der Waals surface area (Å²) in [6, 6.07) is 11.7. The molecule has 1 unspecified atom stereocenters. The predicted molar refractivity (Wildman–Crippen MR) is 87.2 cm³/mol. The van der Waals surface area contributed by atoms with E-state index in [4.69, 9.17) is 5.73 Å². The van der Waals surface area contributed by atoms with Crippen LogP contribution in [0.15, 0.2) is 41.1 Å². The first-order valence-electron chi connectivity index (χ1n) is 7.41. The van der Waals surface area contributed by atoms with E-state index >= 15 is 0 Å². The maximum absolute atomic E-state index is 6.30. The fourth-order valence-electron chi connectivity index (χ4n) is 2.66. The fourth-order valence-corrected chi connectivity index (χ4v) is 3.32. The number of para-hydroxylation sites is 1. The molecule has 1 heterocycles. The molecule has 0 aliphatic heterocycles. The van der Waals surface area contributed by atoms with Crippen LogP contribution >= 0.6 is 11.3 Å². The van der Waals surface area contributed by atoms with Crippen LogP contribution in [0, 0.1) is 0 Å². The Morgan fingerprint density at radius 2 is 2.10 bits per heavy atom. The van der Waals surface area contributed by atoms with Crippen molar-refractivity contribution in [2.45, 2.75) is 44.8 Å². The van der Waals surface area contributed by atoms with Crippen molar-refractivity contribution in [3.05, 3.63) is 52.2 Å². The minimum absolute atomic E-state index is 0.134. The lowest BCUT2D eigenvalue weighted by Gasteiger charge is -2.28. The number of thiophene rings is 1. The molecule has 1 aromatic heterocycles. The largest absolute Gasteiger partial charge is 0.364 e. The first kappa shape index (κ1) is 13.7. The zero-order valence-corrected chi connectivity index (χ0v) is 12.8. The highest BCUT2D eigenvalue weighted by atomic mass is 32.1. The Balaban J connectivity index is 1.91. The van der Waals surface area contributed by atoms with Gasteiger partial charge in [-0.1, -0.05) is 25.1 Å². The number of rotatable bonds is 6. The SMILES string of the molecule is CCC(N)c1ccccc1N(Cc1ccsc1)C1CC1. The summed E-state index contributed by atoms with van der Waals surface area (Å²) in [5, 5.41) is 4.40. The molecule has 106 valence electrons. The molecule has 0 saturated heterocycles. The molecule has 2 aromatic rings. The van der Waals surface area contributed by atoms with E-state index in [9.17, 15) is 0 Å². The molecule has 3 rings (SSSR count). The van der Waals surface area contributed by atoms with Gasteiger partial charge in [0.2, 0.25) is 0 Å². The van der Waals surface area contributed by atoms with E-state index in [1.165, 1.54) is 29.7 Å². The molecule has 3 heteroatoms. The minimum atomic E-state index is 0.134. The minimum Gasteiger partial charge on any atom is -0.364 e. The summed E-state index contributed by atoms with van der Waals surface area (Å²) < 4.78 is 0. The third-order valence-corrected chi connectivity index (χ3v) is 4.74. The third-order valence-electron chi connectivity index (χ3n) is 4.01. The van der Waals surface area contributed by atoms with Crippen LogP contribution in [0.2, 0.25) is 0 Å². The Labute approximate surface area is 125 Å². The van der Waals surface area contributed by atoms with Gasteiger partial charge in [0.1, 0.15) is 0 Å². The van der Waals surface area contributed by atoms with Gasteiger partial charge in [0.05, 0.1) is 0 Å². The van der Waals surface area contributed by atoms with E-state index in [0.717, 1.165) is 13.0 Å². The molecule has 1 fully saturated rings. The fraction of sp³-hybridized carbons (Fsp3) is 0.412. The van der Waals surface area contributed by atoms with Crippen molar-refractivity contribution < 1.29 is 0 Å². The van der Waals surface area contributed by atoms with Gasteiger partial charge in [0.15, 0.2) is 0 Å². The number of anilines is 1. The normalized spacial score (nSPS) is 16.1. The van der Waals surface area contributed by atoms with Gasteiger partial charge < -0.3 is 10.6 Å². The van der Waals surface area contributed by atoms with Gasteiger partial charge in [-0.2, -0.15) is 11.3 Å². The molecule has 0 amide bonds. The average molecular weight is 286 g/mol. The van der Waals surface area contributed by atoms with E-state index in [1.807, 2.05) is 0 Å². The highest BCUT2D eigenvalue weighted by Crippen LogP contribution is 2.37.